The monoisotopic (exact) mass is 291 g/mol. The molecule has 106 valence electrons. The van der Waals surface area contributed by atoms with Gasteiger partial charge < -0.3 is 15.5 Å². The molecule has 0 aromatic heterocycles. The molecule has 20 heavy (non-hydrogen) atoms. The zero-order valence-corrected chi connectivity index (χ0v) is 12.3. The van der Waals surface area contributed by atoms with Crippen LogP contribution in [0.5, 0.6) is 5.75 Å². The molecule has 0 amide bonds. The summed E-state index contributed by atoms with van der Waals surface area (Å²) in [4.78, 5) is 0. The van der Waals surface area contributed by atoms with Gasteiger partial charge >= 0.3 is 0 Å². The Kier molecular flexibility index (Phi) is 4.53. The third kappa shape index (κ3) is 3.24. The van der Waals surface area contributed by atoms with Crippen molar-refractivity contribution in [1.29, 1.82) is 0 Å². The molecule has 0 saturated carbocycles. The minimum absolute atomic E-state index is 0.0354. The minimum Gasteiger partial charge on any atom is -0.507 e. The molecular weight excluding hydrogens is 274 g/mol. The summed E-state index contributed by atoms with van der Waals surface area (Å²) >= 11 is 5.85. The standard InChI is InChI=1S/C16H18ClNO2/c1-10-7-12(8-11(2)16(10)20)15(9-19)18-14-5-3-13(17)4-6-14/h3-8,15,18-20H,9H2,1-2H3. The lowest BCUT2D eigenvalue weighted by molar-refractivity contribution is 0.276. The van der Waals surface area contributed by atoms with Crippen LogP contribution < -0.4 is 5.32 Å². The Hall–Kier alpha value is -1.71. The zero-order chi connectivity index (χ0) is 14.7. The summed E-state index contributed by atoms with van der Waals surface area (Å²) in [6.45, 7) is 3.66. The van der Waals surface area contributed by atoms with E-state index in [1.165, 1.54) is 0 Å². The van der Waals surface area contributed by atoms with Crippen molar-refractivity contribution in [2.75, 3.05) is 11.9 Å². The third-order valence-electron chi connectivity index (χ3n) is 3.28. The second-order valence-electron chi connectivity index (χ2n) is 4.89. The number of aromatic hydroxyl groups is 1. The zero-order valence-electron chi connectivity index (χ0n) is 11.5. The number of hydrogen-bond donors (Lipinski definition) is 3. The SMILES string of the molecule is Cc1cc(C(CO)Nc2ccc(Cl)cc2)cc(C)c1O. The van der Waals surface area contributed by atoms with Gasteiger partial charge in [0.05, 0.1) is 12.6 Å². The lowest BCUT2D eigenvalue weighted by atomic mass is 10.0. The van der Waals surface area contributed by atoms with E-state index >= 15 is 0 Å². The number of halogens is 1. The number of phenols is 1. The first kappa shape index (κ1) is 14.7. The molecule has 3 N–H and O–H groups in total. The Morgan fingerprint density at radius 2 is 1.65 bits per heavy atom. The van der Waals surface area contributed by atoms with Crippen molar-refractivity contribution in [3.8, 4) is 5.75 Å². The molecule has 0 aliphatic heterocycles. The van der Waals surface area contributed by atoms with Crippen molar-refractivity contribution in [2.45, 2.75) is 19.9 Å². The van der Waals surface area contributed by atoms with Gasteiger partial charge in [0.2, 0.25) is 0 Å². The highest BCUT2D eigenvalue weighted by Crippen LogP contribution is 2.28. The summed E-state index contributed by atoms with van der Waals surface area (Å²) in [6.07, 6.45) is 0. The van der Waals surface area contributed by atoms with Crippen molar-refractivity contribution in [1.82, 2.24) is 0 Å². The van der Waals surface area contributed by atoms with Gasteiger partial charge in [-0.2, -0.15) is 0 Å². The first-order chi connectivity index (χ1) is 9.51. The topological polar surface area (TPSA) is 52.5 Å². The van der Waals surface area contributed by atoms with Gasteiger partial charge in [-0.25, -0.2) is 0 Å². The molecular formula is C16H18ClNO2. The van der Waals surface area contributed by atoms with Crippen molar-refractivity contribution in [3.05, 3.63) is 58.1 Å². The average molecular weight is 292 g/mol. The Morgan fingerprint density at radius 3 is 2.15 bits per heavy atom. The van der Waals surface area contributed by atoms with Gasteiger partial charge in [-0.15, -0.1) is 0 Å². The first-order valence-electron chi connectivity index (χ1n) is 6.44. The predicted molar refractivity (Wildman–Crippen MR) is 82.5 cm³/mol. The highest BCUT2D eigenvalue weighted by molar-refractivity contribution is 6.30. The molecule has 1 atom stereocenters. The molecule has 2 aromatic rings. The Balaban J connectivity index is 2.26. The molecule has 1 unspecified atom stereocenters. The first-order valence-corrected chi connectivity index (χ1v) is 6.82. The molecule has 0 fully saturated rings. The van der Waals surface area contributed by atoms with Gasteiger partial charge in [-0.1, -0.05) is 23.7 Å². The fourth-order valence-electron chi connectivity index (χ4n) is 2.17. The molecule has 0 bridgehead atoms. The van der Waals surface area contributed by atoms with Crippen LogP contribution in [0.2, 0.25) is 5.02 Å². The van der Waals surface area contributed by atoms with Crippen LogP contribution in [-0.2, 0) is 0 Å². The van der Waals surface area contributed by atoms with Crippen LogP contribution >= 0.6 is 11.6 Å². The van der Waals surface area contributed by atoms with E-state index in [-0.39, 0.29) is 12.6 Å². The summed E-state index contributed by atoms with van der Waals surface area (Å²) in [5.74, 6) is 0.303. The molecule has 0 aliphatic rings. The van der Waals surface area contributed by atoms with Crippen molar-refractivity contribution in [2.24, 2.45) is 0 Å². The number of benzene rings is 2. The maximum atomic E-state index is 9.81. The maximum absolute atomic E-state index is 9.81. The summed E-state index contributed by atoms with van der Waals surface area (Å²) < 4.78 is 0. The van der Waals surface area contributed by atoms with Gasteiger partial charge in [-0.05, 0) is 54.8 Å². The van der Waals surface area contributed by atoms with Crippen LogP contribution in [-0.4, -0.2) is 16.8 Å². The summed E-state index contributed by atoms with van der Waals surface area (Å²) in [5.41, 5.74) is 3.43. The number of anilines is 1. The third-order valence-corrected chi connectivity index (χ3v) is 3.54. The number of nitrogens with one attached hydrogen (secondary N) is 1. The predicted octanol–water partition coefficient (Wildman–Crippen LogP) is 3.81. The Labute approximate surface area is 123 Å². The second kappa shape index (κ2) is 6.16. The highest BCUT2D eigenvalue weighted by Gasteiger charge is 2.13. The fourth-order valence-corrected chi connectivity index (χ4v) is 2.30. The molecule has 2 aromatic carbocycles. The molecule has 4 heteroatoms. The van der Waals surface area contributed by atoms with Gasteiger partial charge in [0.25, 0.3) is 0 Å². The lowest BCUT2D eigenvalue weighted by Crippen LogP contribution is -2.15. The van der Waals surface area contributed by atoms with Crippen molar-refractivity contribution in [3.63, 3.8) is 0 Å². The quantitative estimate of drug-likeness (QED) is 0.803. The molecule has 3 nitrogen and oxygen atoms in total. The van der Waals surface area contributed by atoms with Crippen LogP contribution in [0, 0.1) is 13.8 Å². The van der Waals surface area contributed by atoms with E-state index in [1.54, 1.807) is 12.1 Å². The van der Waals surface area contributed by atoms with Gasteiger partial charge in [0.15, 0.2) is 0 Å². The van der Waals surface area contributed by atoms with Crippen molar-refractivity contribution < 1.29 is 10.2 Å². The molecule has 0 heterocycles. The number of aliphatic hydroxyl groups excluding tert-OH is 1. The summed E-state index contributed by atoms with van der Waals surface area (Å²) in [6, 6.07) is 10.9. The molecule has 0 aliphatic carbocycles. The van der Waals surface area contributed by atoms with E-state index in [0.29, 0.717) is 10.8 Å². The summed E-state index contributed by atoms with van der Waals surface area (Å²) in [5, 5.41) is 23.3. The van der Waals surface area contributed by atoms with E-state index < -0.39 is 0 Å². The van der Waals surface area contributed by atoms with Gasteiger partial charge in [0.1, 0.15) is 5.75 Å². The number of rotatable bonds is 4. The number of hydrogen-bond acceptors (Lipinski definition) is 3. The van der Waals surface area contributed by atoms with Gasteiger partial charge in [-0.3, -0.25) is 0 Å². The second-order valence-corrected chi connectivity index (χ2v) is 5.33. The number of aliphatic hydroxyl groups is 1. The normalized spacial score (nSPS) is 12.2. The maximum Gasteiger partial charge on any atom is 0.121 e. The van der Waals surface area contributed by atoms with Crippen LogP contribution in [0.1, 0.15) is 22.7 Å². The van der Waals surface area contributed by atoms with Crippen molar-refractivity contribution >= 4 is 17.3 Å². The number of phenolic OH excluding ortho intramolecular Hbond substituents is 1. The van der Waals surface area contributed by atoms with E-state index in [0.717, 1.165) is 22.4 Å². The smallest absolute Gasteiger partial charge is 0.121 e. The van der Waals surface area contributed by atoms with E-state index in [4.69, 9.17) is 11.6 Å². The Bertz CT molecular complexity index is 573. The average Bonchev–Trinajstić information content (AvgIpc) is 2.43. The largest absolute Gasteiger partial charge is 0.507 e. The minimum atomic E-state index is -0.228. The van der Waals surface area contributed by atoms with Gasteiger partial charge in [0, 0.05) is 10.7 Å². The number of aryl methyl sites for hydroxylation is 2. The van der Waals surface area contributed by atoms with E-state index in [9.17, 15) is 10.2 Å². The molecule has 0 spiro atoms. The van der Waals surface area contributed by atoms with E-state index in [2.05, 4.69) is 5.32 Å². The van der Waals surface area contributed by atoms with E-state index in [1.807, 2.05) is 38.1 Å². The molecule has 0 saturated heterocycles. The molecule has 2 rings (SSSR count). The van der Waals surface area contributed by atoms with Crippen LogP contribution in [0.15, 0.2) is 36.4 Å². The summed E-state index contributed by atoms with van der Waals surface area (Å²) in [7, 11) is 0. The Morgan fingerprint density at radius 1 is 1.10 bits per heavy atom. The van der Waals surface area contributed by atoms with Crippen LogP contribution in [0.3, 0.4) is 0 Å². The van der Waals surface area contributed by atoms with Crippen LogP contribution in [0.25, 0.3) is 0 Å². The fraction of sp³-hybridized carbons (Fsp3) is 0.250. The highest BCUT2D eigenvalue weighted by atomic mass is 35.5. The molecule has 0 radical (unpaired) electrons. The lowest BCUT2D eigenvalue weighted by Gasteiger charge is -2.20. The van der Waals surface area contributed by atoms with Crippen LogP contribution in [0.4, 0.5) is 5.69 Å².